The smallest absolute Gasteiger partial charge is 0.181 e. The van der Waals surface area contributed by atoms with Gasteiger partial charge in [0.15, 0.2) is 12.1 Å². The SMILES string of the molecule is Cc1cc(-c2nc(I)c3c(C(C)(C)C#N)cc(N4CCOCC4C)nn23)n(C2CCCCO2)n1. The molecule has 3 aromatic heterocycles. The van der Waals surface area contributed by atoms with Crippen molar-refractivity contribution < 1.29 is 9.47 Å². The summed E-state index contributed by atoms with van der Waals surface area (Å²) in [6, 6.07) is 6.77. The quantitative estimate of drug-likeness (QED) is 0.430. The second-order valence-electron chi connectivity index (χ2n) is 9.69. The lowest BCUT2D eigenvalue weighted by atomic mass is 9.86. The van der Waals surface area contributed by atoms with Crippen molar-refractivity contribution in [3.8, 4) is 17.6 Å². The summed E-state index contributed by atoms with van der Waals surface area (Å²) in [6.07, 6.45) is 3.00. The molecule has 2 unspecified atom stereocenters. The molecule has 2 fully saturated rings. The molecule has 9 nitrogen and oxygen atoms in total. The van der Waals surface area contributed by atoms with E-state index in [0.29, 0.717) is 19.0 Å². The van der Waals surface area contributed by atoms with Gasteiger partial charge in [-0.2, -0.15) is 10.4 Å². The number of halogens is 1. The van der Waals surface area contributed by atoms with E-state index in [-0.39, 0.29) is 12.3 Å². The van der Waals surface area contributed by atoms with Crippen molar-refractivity contribution in [1.82, 2.24) is 24.4 Å². The van der Waals surface area contributed by atoms with Crippen LogP contribution >= 0.6 is 22.6 Å². The minimum absolute atomic E-state index is 0.111. The topological polar surface area (TPSA) is 93.5 Å². The Bertz CT molecular complexity index is 1250. The van der Waals surface area contributed by atoms with E-state index >= 15 is 0 Å². The number of nitriles is 1. The zero-order valence-corrected chi connectivity index (χ0v) is 22.2. The van der Waals surface area contributed by atoms with Gasteiger partial charge in [-0.05, 0) is 81.7 Å². The van der Waals surface area contributed by atoms with Crippen molar-refractivity contribution >= 4 is 33.9 Å². The summed E-state index contributed by atoms with van der Waals surface area (Å²) >= 11 is 2.26. The molecule has 0 bridgehead atoms. The van der Waals surface area contributed by atoms with Crippen molar-refractivity contribution in [2.24, 2.45) is 0 Å². The number of fused-ring (bicyclic) bond motifs is 1. The van der Waals surface area contributed by atoms with Gasteiger partial charge in [0, 0.05) is 18.7 Å². The van der Waals surface area contributed by atoms with E-state index in [2.05, 4.69) is 46.6 Å². The number of morpholine rings is 1. The van der Waals surface area contributed by atoms with Crippen molar-refractivity contribution in [2.45, 2.75) is 64.6 Å². The number of anilines is 1. The number of imidazole rings is 1. The van der Waals surface area contributed by atoms with Gasteiger partial charge in [-0.3, -0.25) is 0 Å². The average molecular weight is 575 g/mol. The van der Waals surface area contributed by atoms with Crippen LogP contribution in [0.5, 0.6) is 0 Å². The van der Waals surface area contributed by atoms with Crippen molar-refractivity contribution in [3.05, 3.63) is 27.1 Å². The Kier molecular flexibility index (Phi) is 6.29. The highest BCUT2D eigenvalue weighted by Crippen LogP contribution is 2.36. The molecular formula is C24H30IN7O2. The molecule has 0 aliphatic carbocycles. The third-order valence-corrected chi connectivity index (χ3v) is 7.43. The van der Waals surface area contributed by atoms with E-state index in [1.54, 1.807) is 0 Å². The monoisotopic (exact) mass is 575 g/mol. The van der Waals surface area contributed by atoms with Gasteiger partial charge in [-0.1, -0.05) is 0 Å². The number of ether oxygens (including phenoxy) is 2. The molecule has 0 amide bonds. The zero-order valence-electron chi connectivity index (χ0n) is 20.1. The molecule has 2 saturated heterocycles. The third kappa shape index (κ3) is 4.07. The van der Waals surface area contributed by atoms with Crippen LogP contribution in [-0.4, -0.2) is 56.8 Å². The Hall–Kier alpha value is -2.23. The number of aryl methyl sites for hydroxylation is 1. The van der Waals surface area contributed by atoms with E-state index in [0.717, 1.165) is 64.4 Å². The van der Waals surface area contributed by atoms with Crippen LogP contribution < -0.4 is 4.90 Å². The van der Waals surface area contributed by atoms with Crippen LogP contribution in [-0.2, 0) is 14.9 Å². The summed E-state index contributed by atoms with van der Waals surface area (Å²) in [4.78, 5) is 7.21. The third-order valence-electron chi connectivity index (χ3n) is 6.67. The lowest BCUT2D eigenvalue weighted by Crippen LogP contribution is -2.44. The lowest BCUT2D eigenvalue weighted by molar-refractivity contribution is -0.0386. The number of rotatable bonds is 4. The van der Waals surface area contributed by atoms with Crippen molar-refractivity contribution in [3.63, 3.8) is 0 Å². The highest BCUT2D eigenvalue weighted by Gasteiger charge is 2.32. The molecule has 2 aliphatic heterocycles. The average Bonchev–Trinajstić information content (AvgIpc) is 3.39. The molecule has 5 heterocycles. The van der Waals surface area contributed by atoms with Crippen LogP contribution in [0.15, 0.2) is 12.1 Å². The second kappa shape index (κ2) is 9.09. The zero-order chi connectivity index (χ0) is 24.0. The Morgan fingerprint density at radius 1 is 1.21 bits per heavy atom. The molecule has 10 heteroatoms. The van der Waals surface area contributed by atoms with Gasteiger partial charge < -0.3 is 14.4 Å². The maximum atomic E-state index is 10.0. The first kappa shape index (κ1) is 23.5. The molecule has 0 spiro atoms. The van der Waals surface area contributed by atoms with E-state index < -0.39 is 5.41 Å². The first-order valence-corrected chi connectivity index (χ1v) is 12.9. The largest absolute Gasteiger partial charge is 0.377 e. The van der Waals surface area contributed by atoms with Crippen LogP contribution in [0.3, 0.4) is 0 Å². The highest BCUT2D eigenvalue weighted by molar-refractivity contribution is 14.1. The lowest BCUT2D eigenvalue weighted by Gasteiger charge is -2.35. The van der Waals surface area contributed by atoms with Gasteiger partial charge in [-0.25, -0.2) is 14.2 Å². The number of hydrogen-bond acceptors (Lipinski definition) is 7. The Labute approximate surface area is 213 Å². The van der Waals surface area contributed by atoms with Gasteiger partial charge in [0.1, 0.15) is 20.7 Å². The van der Waals surface area contributed by atoms with Gasteiger partial charge in [0.25, 0.3) is 0 Å². The molecule has 180 valence electrons. The summed E-state index contributed by atoms with van der Waals surface area (Å²) in [5.41, 5.74) is 2.85. The van der Waals surface area contributed by atoms with Crippen LogP contribution in [0.4, 0.5) is 5.82 Å². The number of nitrogens with zero attached hydrogens (tertiary/aromatic N) is 7. The standard InChI is InChI=1S/C24H30IN7O2/c1-15-11-18(31(28-15)20-7-5-6-9-34-20)23-27-22(25)21-17(24(3,4)14-26)12-19(29-32(21)23)30-8-10-33-13-16(30)2/h11-12,16,20H,5-10,13H2,1-4H3. The molecular weight excluding hydrogens is 545 g/mol. The maximum Gasteiger partial charge on any atom is 0.181 e. The van der Waals surface area contributed by atoms with E-state index in [9.17, 15) is 5.26 Å². The fourth-order valence-electron chi connectivity index (χ4n) is 4.77. The first-order chi connectivity index (χ1) is 16.3. The van der Waals surface area contributed by atoms with Gasteiger partial charge >= 0.3 is 0 Å². The minimum atomic E-state index is -0.714. The number of hydrogen-bond donors (Lipinski definition) is 0. The van der Waals surface area contributed by atoms with E-state index in [1.807, 2.05) is 36.0 Å². The summed E-state index contributed by atoms with van der Waals surface area (Å²) in [6.45, 7) is 10.8. The normalized spacial score (nSPS) is 21.7. The molecule has 5 rings (SSSR count). The Morgan fingerprint density at radius 2 is 2.03 bits per heavy atom. The highest BCUT2D eigenvalue weighted by atomic mass is 127. The molecule has 3 aromatic rings. The van der Waals surface area contributed by atoms with E-state index in [1.165, 1.54) is 0 Å². The molecule has 0 saturated carbocycles. The molecule has 0 radical (unpaired) electrons. The predicted octanol–water partition coefficient (Wildman–Crippen LogP) is 4.23. The maximum absolute atomic E-state index is 10.0. The summed E-state index contributed by atoms with van der Waals surface area (Å²) < 4.78 is 16.4. The van der Waals surface area contributed by atoms with Crippen molar-refractivity contribution in [1.29, 1.82) is 5.26 Å². The molecule has 2 aliphatic rings. The minimum Gasteiger partial charge on any atom is -0.377 e. The Morgan fingerprint density at radius 3 is 2.74 bits per heavy atom. The van der Waals surface area contributed by atoms with Gasteiger partial charge in [0.2, 0.25) is 0 Å². The van der Waals surface area contributed by atoms with Crippen LogP contribution in [0.1, 0.15) is 57.5 Å². The molecule has 2 atom stereocenters. The van der Waals surface area contributed by atoms with Gasteiger partial charge in [0.05, 0.1) is 36.4 Å². The molecule has 0 N–H and O–H groups in total. The molecule has 34 heavy (non-hydrogen) atoms. The fourth-order valence-corrected chi connectivity index (χ4v) is 5.52. The fraction of sp³-hybridized carbons (Fsp3) is 0.583. The number of aromatic nitrogens is 5. The van der Waals surface area contributed by atoms with Gasteiger partial charge in [-0.15, -0.1) is 5.10 Å². The molecule has 0 aromatic carbocycles. The Balaban J connectivity index is 1.74. The van der Waals surface area contributed by atoms with Crippen LogP contribution in [0, 0.1) is 22.0 Å². The summed E-state index contributed by atoms with van der Waals surface area (Å²) in [5, 5.41) is 19.9. The second-order valence-corrected chi connectivity index (χ2v) is 10.7. The van der Waals surface area contributed by atoms with E-state index in [4.69, 9.17) is 24.7 Å². The summed E-state index contributed by atoms with van der Waals surface area (Å²) in [5.74, 6) is 1.54. The first-order valence-electron chi connectivity index (χ1n) is 11.8. The van der Waals surface area contributed by atoms with Crippen LogP contribution in [0.2, 0.25) is 0 Å². The summed E-state index contributed by atoms with van der Waals surface area (Å²) in [7, 11) is 0. The predicted molar refractivity (Wildman–Crippen MR) is 137 cm³/mol. The van der Waals surface area contributed by atoms with Crippen molar-refractivity contribution in [2.75, 3.05) is 31.3 Å². The van der Waals surface area contributed by atoms with Crippen LogP contribution in [0.25, 0.3) is 17.0 Å².